The van der Waals surface area contributed by atoms with E-state index in [4.69, 9.17) is 19.5 Å². The van der Waals surface area contributed by atoms with E-state index in [1.165, 1.54) is 17.0 Å². The molecular formula is C21H24N5O13P3. The van der Waals surface area contributed by atoms with Crippen LogP contribution in [0, 0.1) is 6.92 Å². The van der Waals surface area contributed by atoms with Crippen molar-refractivity contribution < 1.29 is 61.0 Å². The number of aryl methyl sites for hydroxylation is 1. The maximum absolute atomic E-state index is 13.3. The quantitative estimate of drug-likeness (QED) is 0.134. The lowest BCUT2D eigenvalue weighted by atomic mass is 10.1. The lowest BCUT2D eigenvalue weighted by molar-refractivity contribution is -0.0503. The van der Waals surface area contributed by atoms with E-state index in [2.05, 4.69) is 23.6 Å². The number of phosphoric ester groups is 1. The van der Waals surface area contributed by atoms with Gasteiger partial charge in [0.1, 0.15) is 35.9 Å². The van der Waals surface area contributed by atoms with Crippen molar-refractivity contribution in [2.24, 2.45) is 0 Å². The Kier molecular flexibility index (Phi) is 8.28. The van der Waals surface area contributed by atoms with E-state index in [-0.39, 0.29) is 22.7 Å². The molecule has 1 aliphatic heterocycles. The van der Waals surface area contributed by atoms with Gasteiger partial charge in [-0.15, -0.1) is 0 Å². The van der Waals surface area contributed by atoms with Crippen LogP contribution in [0.4, 0.5) is 5.82 Å². The predicted molar refractivity (Wildman–Crippen MR) is 143 cm³/mol. The first kappa shape index (κ1) is 30.6. The molecule has 2 aromatic carbocycles. The van der Waals surface area contributed by atoms with Crippen LogP contribution in [0.1, 0.15) is 11.8 Å². The van der Waals surface area contributed by atoms with Crippen molar-refractivity contribution in [1.82, 2.24) is 19.5 Å². The van der Waals surface area contributed by atoms with Crippen molar-refractivity contribution in [2.45, 2.75) is 31.5 Å². The van der Waals surface area contributed by atoms with E-state index < -0.39 is 54.6 Å². The molecule has 0 aliphatic carbocycles. The Balaban J connectivity index is 1.33. The number of aliphatic hydroxyl groups excluding tert-OH is 2. The van der Waals surface area contributed by atoms with E-state index in [1.807, 2.05) is 0 Å². The van der Waals surface area contributed by atoms with E-state index in [0.717, 1.165) is 11.9 Å². The number of fused-ring (bicyclic) bond motifs is 2. The number of phosphoric acid groups is 3. The number of anilines is 1. The zero-order valence-electron chi connectivity index (χ0n) is 21.3. The number of aliphatic hydroxyl groups is 2. The summed E-state index contributed by atoms with van der Waals surface area (Å²) >= 11 is 0. The van der Waals surface area contributed by atoms with Crippen LogP contribution in [-0.2, 0) is 31.6 Å². The predicted octanol–water partition coefficient (Wildman–Crippen LogP) is 1.92. The first-order chi connectivity index (χ1) is 19.7. The van der Waals surface area contributed by atoms with Crippen LogP contribution in [0.25, 0.3) is 21.9 Å². The Morgan fingerprint density at radius 3 is 2.40 bits per heavy atom. The van der Waals surface area contributed by atoms with E-state index in [0.29, 0.717) is 10.8 Å². The van der Waals surface area contributed by atoms with E-state index in [1.54, 1.807) is 37.3 Å². The zero-order valence-corrected chi connectivity index (χ0v) is 24.0. The molecule has 1 saturated heterocycles. The Hall–Kier alpha value is -2.82. The highest BCUT2D eigenvalue weighted by molar-refractivity contribution is 7.67. The number of nitrogens with two attached hydrogens (primary N) is 1. The van der Waals surface area contributed by atoms with Crippen molar-refractivity contribution in [3.05, 3.63) is 54.6 Å². The van der Waals surface area contributed by atoms with Crippen LogP contribution in [0.3, 0.4) is 0 Å². The monoisotopic (exact) mass is 647 g/mol. The van der Waals surface area contributed by atoms with Crippen LogP contribution in [0.5, 0.6) is 5.75 Å². The smallest absolute Gasteiger partial charge is 0.403 e. The molecule has 5 rings (SSSR count). The number of imidazole rings is 1. The molecule has 3 heterocycles. The molecule has 0 bridgehead atoms. The van der Waals surface area contributed by atoms with Gasteiger partial charge in [0.2, 0.25) is 0 Å². The van der Waals surface area contributed by atoms with E-state index >= 15 is 0 Å². The van der Waals surface area contributed by atoms with Crippen LogP contribution in [-0.4, -0.2) is 69.3 Å². The van der Waals surface area contributed by atoms with Gasteiger partial charge in [0.25, 0.3) is 0 Å². The minimum absolute atomic E-state index is 0.0489. The molecular weight excluding hydrogens is 623 g/mol. The van der Waals surface area contributed by atoms with Crippen LogP contribution < -0.4 is 10.3 Å². The van der Waals surface area contributed by atoms with Crippen molar-refractivity contribution in [2.75, 3.05) is 12.3 Å². The molecule has 42 heavy (non-hydrogen) atoms. The van der Waals surface area contributed by atoms with Crippen molar-refractivity contribution in [3.63, 3.8) is 0 Å². The minimum Gasteiger partial charge on any atom is -0.403 e. The molecule has 6 atom stereocenters. The lowest BCUT2D eigenvalue weighted by Crippen LogP contribution is -2.33. The van der Waals surface area contributed by atoms with Gasteiger partial charge in [0.05, 0.1) is 12.9 Å². The largest absolute Gasteiger partial charge is 0.548 e. The molecule has 4 aromatic rings. The summed E-state index contributed by atoms with van der Waals surface area (Å²) in [5.74, 6) is -0.196. The summed E-state index contributed by atoms with van der Waals surface area (Å²) < 4.78 is 63.2. The normalized spacial score (nSPS) is 24.0. The average Bonchev–Trinajstić information content (AvgIpc) is 3.45. The molecule has 0 amide bonds. The highest BCUT2D eigenvalue weighted by Gasteiger charge is 2.48. The SMILES string of the molecule is Cc1ccc(OP(=O)(OP(=O)(O)O)OP(=O)(O)OC[C@H]2O[C@@H](n3cnc4c(N)ncnc43)[C@H](O)[C@@H]2O)c2ccccc12. The summed E-state index contributed by atoms with van der Waals surface area (Å²) in [4.78, 5) is 40.8. The summed E-state index contributed by atoms with van der Waals surface area (Å²) in [5.41, 5.74) is 6.89. The summed E-state index contributed by atoms with van der Waals surface area (Å²) in [7, 11) is -16.7. The number of nitrogens with zero attached hydrogens (tertiary/aromatic N) is 4. The number of nitrogen functional groups attached to an aromatic ring is 1. The van der Waals surface area contributed by atoms with Gasteiger partial charge in [-0.1, -0.05) is 30.3 Å². The third-order valence-electron chi connectivity index (χ3n) is 6.12. The van der Waals surface area contributed by atoms with Gasteiger partial charge in [-0.05, 0) is 23.9 Å². The summed E-state index contributed by atoms with van der Waals surface area (Å²) in [6.45, 7) is 0.833. The van der Waals surface area contributed by atoms with E-state index in [9.17, 15) is 38.6 Å². The molecule has 1 fully saturated rings. The maximum atomic E-state index is 13.3. The summed E-state index contributed by atoms with van der Waals surface area (Å²) in [6.07, 6.45) is -3.67. The van der Waals surface area contributed by atoms with Crippen molar-refractivity contribution in [3.8, 4) is 5.75 Å². The second-order valence-corrected chi connectivity index (χ2v) is 13.6. The van der Waals surface area contributed by atoms with Gasteiger partial charge in [-0.25, -0.2) is 28.6 Å². The molecule has 226 valence electrons. The Labute approximate surface area is 236 Å². The van der Waals surface area contributed by atoms with Crippen LogP contribution in [0.2, 0.25) is 0 Å². The molecule has 1 aliphatic rings. The second kappa shape index (κ2) is 11.4. The molecule has 0 radical (unpaired) electrons. The van der Waals surface area contributed by atoms with Gasteiger partial charge in [-0.3, -0.25) is 9.09 Å². The summed E-state index contributed by atoms with van der Waals surface area (Å²) in [5, 5.41) is 22.0. The minimum atomic E-state index is -5.62. The Morgan fingerprint density at radius 1 is 0.976 bits per heavy atom. The number of hydrogen-bond donors (Lipinski definition) is 6. The molecule has 2 unspecified atom stereocenters. The number of benzene rings is 2. The number of hydrogen-bond acceptors (Lipinski definition) is 14. The standard InChI is InChI=1S/C21H24N5O13P3/c1-11-6-7-14(13-5-3-2-4-12(11)13)37-42(34,38-40(29,30)31)39-41(32,33)35-8-15-17(27)18(28)21(36-15)26-10-25-16-19(22)23-9-24-20(16)26/h2-7,9-10,15,17-18,21,27-28H,8H2,1H3,(H,32,33)(H2,22,23,24)(H2,29,30,31)/t15-,17-,18-,21-,42?/m1/s1. The highest BCUT2D eigenvalue weighted by Crippen LogP contribution is 2.69. The molecule has 0 spiro atoms. The molecule has 18 nitrogen and oxygen atoms in total. The number of rotatable bonds is 10. The Bertz CT molecular complexity index is 1780. The fourth-order valence-corrected chi connectivity index (χ4v) is 7.90. The fourth-order valence-electron chi connectivity index (χ4n) is 4.27. The molecule has 0 saturated carbocycles. The highest BCUT2D eigenvalue weighted by atomic mass is 31.3. The average molecular weight is 647 g/mol. The summed E-state index contributed by atoms with van der Waals surface area (Å²) in [6, 6.07) is 9.38. The van der Waals surface area contributed by atoms with Gasteiger partial charge in [-0.2, -0.15) is 8.62 Å². The van der Waals surface area contributed by atoms with Crippen molar-refractivity contribution >= 4 is 51.2 Å². The zero-order chi connectivity index (χ0) is 30.4. The van der Waals surface area contributed by atoms with Crippen LogP contribution >= 0.6 is 23.5 Å². The molecule has 7 N–H and O–H groups in total. The van der Waals surface area contributed by atoms with Crippen LogP contribution in [0.15, 0.2) is 49.1 Å². The Morgan fingerprint density at radius 2 is 1.69 bits per heavy atom. The number of ether oxygens (including phenoxy) is 1. The fraction of sp³-hybridized carbons (Fsp3) is 0.286. The number of aromatic nitrogens is 4. The van der Waals surface area contributed by atoms with Gasteiger partial charge in [0, 0.05) is 5.39 Å². The van der Waals surface area contributed by atoms with Gasteiger partial charge >= 0.3 is 23.5 Å². The first-order valence-electron chi connectivity index (χ1n) is 11.8. The van der Waals surface area contributed by atoms with Crippen molar-refractivity contribution in [1.29, 1.82) is 0 Å². The third-order valence-corrected chi connectivity index (χ3v) is 10.3. The molecule has 21 heteroatoms. The van der Waals surface area contributed by atoms with Gasteiger partial charge in [0.15, 0.2) is 17.7 Å². The lowest BCUT2D eigenvalue weighted by Gasteiger charge is -2.22. The topological polar surface area (TPSA) is 268 Å². The maximum Gasteiger partial charge on any atom is 0.548 e. The second-order valence-electron chi connectivity index (χ2n) is 9.01. The van der Waals surface area contributed by atoms with Gasteiger partial charge < -0.3 is 39.9 Å². The first-order valence-corrected chi connectivity index (χ1v) is 16.3. The molecule has 2 aromatic heterocycles. The third kappa shape index (κ3) is 6.40.